The fraction of sp³-hybridized carbons (Fsp3) is 0.250. The molecule has 3 rings (SSSR count). The Morgan fingerprint density at radius 2 is 1.62 bits per heavy atom. The van der Waals surface area contributed by atoms with Crippen molar-refractivity contribution >= 4 is 16.7 Å². The molecule has 124 valence electrons. The third-order valence-electron chi connectivity index (χ3n) is 4.06. The van der Waals surface area contributed by atoms with Gasteiger partial charge in [0.1, 0.15) is 5.69 Å². The number of rotatable bonds is 2. The fourth-order valence-corrected chi connectivity index (χ4v) is 2.67. The van der Waals surface area contributed by atoms with E-state index in [1.54, 1.807) is 0 Å². The summed E-state index contributed by atoms with van der Waals surface area (Å²) in [6.45, 7) is 0. The predicted molar refractivity (Wildman–Crippen MR) is 91.4 cm³/mol. The number of hydrogen-bond acceptors (Lipinski definition) is 4. The van der Waals surface area contributed by atoms with Gasteiger partial charge in [-0.3, -0.25) is 4.79 Å². The molecule has 0 atom stereocenters. The van der Waals surface area contributed by atoms with Crippen LogP contribution in [-0.2, 0) is 14.1 Å². The molecule has 8 nitrogen and oxygen atoms in total. The lowest BCUT2D eigenvalue weighted by Crippen LogP contribution is -2.43. The van der Waals surface area contributed by atoms with Gasteiger partial charge >= 0.3 is 11.4 Å². The second-order valence-corrected chi connectivity index (χ2v) is 5.82. The predicted octanol–water partition coefficient (Wildman–Crippen LogP) is -0.527. The van der Waals surface area contributed by atoms with E-state index < -0.39 is 16.9 Å². The van der Waals surface area contributed by atoms with Crippen molar-refractivity contribution in [1.82, 2.24) is 14.1 Å². The Balaban J connectivity index is 2.42. The van der Waals surface area contributed by atoms with Crippen LogP contribution in [0.1, 0.15) is 0 Å². The number of nitrogens with zero attached hydrogens (tertiary/aromatic N) is 3. The summed E-state index contributed by atoms with van der Waals surface area (Å²) in [4.78, 5) is 43.8. The Kier molecular flexibility index (Phi) is 3.59. The first kappa shape index (κ1) is 15.7. The van der Waals surface area contributed by atoms with Crippen LogP contribution in [0.4, 0.5) is 5.69 Å². The maximum atomic E-state index is 12.6. The van der Waals surface area contributed by atoms with E-state index in [0.29, 0.717) is 11.3 Å². The number of nitrogens with one attached hydrogen (secondary N) is 2. The van der Waals surface area contributed by atoms with Crippen molar-refractivity contribution in [2.45, 2.75) is 0 Å². The topological polar surface area (TPSA) is 94.2 Å². The fourth-order valence-electron chi connectivity index (χ4n) is 2.67. The molecule has 0 unspecified atom stereocenters. The van der Waals surface area contributed by atoms with E-state index >= 15 is 0 Å². The zero-order chi connectivity index (χ0) is 17.6. The Labute approximate surface area is 136 Å². The largest absolute Gasteiger partial charge is 0.439 e. The van der Waals surface area contributed by atoms with Crippen LogP contribution in [0.3, 0.4) is 0 Å². The quantitative estimate of drug-likeness (QED) is 0.684. The number of aromatic amines is 2. The molecule has 0 bridgehead atoms. The summed E-state index contributed by atoms with van der Waals surface area (Å²) >= 11 is 0. The highest BCUT2D eigenvalue weighted by atomic mass is 16.2. The summed E-state index contributed by atoms with van der Waals surface area (Å²) in [5.41, 5.74) is 0.808. The molecule has 0 amide bonds. The van der Waals surface area contributed by atoms with Crippen molar-refractivity contribution < 1.29 is 4.98 Å². The van der Waals surface area contributed by atoms with Crippen molar-refractivity contribution in [3.63, 3.8) is 0 Å². The Morgan fingerprint density at radius 3 is 2.21 bits per heavy atom. The molecule has 1 aromatic carbocycles. The Morgan fingerprint density at radius 1 is 1.00 bits per heavy atom. The summed E-state index contributed by atoms with van der Waals surface area (Å²) in [5.74, 6) is 0. The standard InChI is InChI=1S/C16H17N5O3/c1-19(2)10-7-5-9(6-8-10)12-11-13(18-15(23)17-12)20(3)16(24)21(4)14(11)22/h5-8H,1-4H3,(H,17,18,23)/p+1. The van der Waals surface area contributed by atoms with Crippen molar-refractivity contribution in [1.29, 1.82) is 0 Å². The lowest BCUT2D eigenvalue weighted by atomic mass is 10.1. The number of aromatic nitrogens is 4. The van der Waals surface area contributed by atoms with Crippen LogP contribution in [0.25, 0.3) is 22.3 Å². The van der Waals surface area contributed by atoms with Gasteiger partial charge in [-0.15, -0.1) is 0 Å². The molecular weight excluding hydrogens is 310 g/mol. The third-order valence-corrected chi connectivity index (χ3v) is 4.06. The van der Waals surface area contributed by atoms with Gasteiger partial charge in [0, 0.05) is 32.4 Å². The van der Waals surface area contributed by atoms with Crippen LogP contribution in [0.2, 0.25) is 0 Å². The second-order valence-electron chi connectivity index (χ2n) is 5.82. The van der Waals surface area contributed by atoms with E-state index in [1.807, 2.05) is 43.3 Å². The molecule has 0 saturated carbocycles. The van der Waals surface area contributed by atoms with E-state index in [-0.39, 0.29) is 11.0 Å². The average Bonchev–Trinajstić information content (AvgIpc) is 2.57. The molecule has 0 aliphatic heterocycles. The molecule has 0 aliphatic rings. The molecule has 3 aromatic rings. The maximum Gasteiger partial charge on any atom is 0.439 e. The van der Waals surface area contributed by atoms with Crippen LogP contribution in [0, 0.1) is 0 Å². The van der Waals surface area contributed by atoms with Crippen molar-refractivity contribution in [2.24, 2.45) is 14.1 Å². The van der Waals surface area contributed by atoms with Crippen LogP contribution in [0.15, 0.2) is 38.6 Å². The van der Waals surface area contributed by atoms with Crippen molar-refractivity contribution in [3.8, 4) is 11.3 Å². The number of hydrogen-bond donors (Lipinski definition) is 1. The summed E-state index contributed by atoms with van der Waals surface area (Å²) in [6.07, 6.45) is 0. The molecule has 0 spiro atoms. The van der Waals surface area contributed by atoms with E-state index in [2.05, 4.69) is 9.97 Å². The second kappa shape index (κ2) is 5.48. The molecule has 8 heteroatoms. The summed E-state index contributed by atoms with van der Waals surface area (Å²) in [6, 6.07) is 7.43. The van der Waals surface area contributed by atoms with Crippen LogP contribution < -0.4 is 26.8 Å². The summed E-state index contributed by atoms with van der Waals surface area (Å²) < 4.78 is 2.27. The first-order valence-corrected chi connectivity index (χ1v) is 7.34. The van der Waals surface area contributed by atoms with Gasteiger partial charge in [-0.2, -0.15) is 0 Å². The molecule has 2 N–H and O–H groups in total. The lowest BCUT2D eigenvalue weighted by molar-refractivity contribution is -0.374. The van der Waals surface area contributed by atoms with Crippen molar-refractivity contribution in [2.75, 3.05) is 19.0 Å². The minimum atomic E-state index is -0.497. The average molecular weight is 328 g/mol. The zero-order valence-corrected chi connectivity index (χ0v) is 13.9. The van der Waals surface area contributed by atoms with Crippen LogP contribution in [0.5, 0.6) is 0 Å². The van der Waals surface area contributed by atoms with Gasteiger partial charge < -0.3 is 4.90 Å². The van der Waals surface area contributed by atoms with E-state index in [1.165, 1.54) is 18.7 Å². The molecular formula is C16H18N5O3+. The highest BCUT2D eigenvalue weighted by Gasteiger charge is 2.20. The number of fused-ring (bicyclic) bond motifs is 1. The molecule has 2 heterocycles. The number of H-pyrrole nitrogens is 2. The van der Waals surface area contributed by atoms with Crippen molar-refractivity contribution in [3.05, 3.63) is 55.6 Å². The van der Waals surface area contributed by atoms with Gasteiger partial charge in [0.25, 0.3) is 5.56 Å². The first-order valence-electron chi connectivity index (χ1n) is 7.34. The van der Waals surface area contributed by atoms with E-state index in [0.717, 1.165) is 10.3 Å². The Bertz CT molecular complexity index is 1100. The molecule has 0 radical (unpaired) electrons. The molecule has 2 aromatic heterocycles. The minimum absolute atomic E-state index is 0.193. The highest BCUT2D eigenvalue weighted by molar-refractivity contribution is 5.88. The van der Waals surface area contributed by atoms with Crippen LogP contribution >= 0.6 is 0 Å². The zero-order valence-electron chi connectivity index (χ0n) is 13.9. The normalized spacial score (nSPS) is 11.0. The smallest absolute Gasteiger partial charge is 0.378 e. The molecule has 0 fully saturated rings. The van der Waals surface area contributed by atoms with Gasteiger partial charge in [-0.1, -0.05) is 0 Å². The maximum absolute atomic E-state index is 12.6. The summed E-state index contributed by atoms with van der Waals surface area (Å²) in [7, 11) is 6.78. The lowest BCUT2D eigenvalue weighted by Gasteiger charge is -2.12. The Hall–Kier alpha value is -3.16. The molecule has 0 aliphatic carbocycles. The molecule has 0 saturated heterocycles. The van der Waals surface area contributed by atoms with E-state index in [9.17, 15) is 14.4 Å². The SMILES string of the molecule is CN(C)c1ccc(-c2[nH]c(=O)[nH+]c3c2c(=O)n(C)c(=O)n3C)cc1. The van der Waals surface area contributed by atoms with E-state index in [4.69, 9.17) is 0 Å². The van der Waals surface area contributed by atoms with Gasteiger partial charge in [0.2, 0.25) is 5.65 Å². The van der Waals surface area contributed by atoms with Gasteiger partial charge in [0.15, 0.2) is 5.39 Å². The third kappa shape index (κ3) is 2.32. The monoisotopic (exact) mass is 328 g/mol. The van der Waals surface area contributed by atoms with Gasteiger partial charge in [-0.05, 0) is 24.3 Å². The van der Waals surface area contributed by atoms with Gasteiger partial charge in [0.05, 0.1) is 7.05 Å². The van der Waals surface area contributed by atoms with Gasteiger partial charge in [-0.25, -0.2) is 28.7 Å². The minimum Gasteiger partial charge on any atom is -0.378 e. The highest BCUT2D eigenvalue weighted by Crippen LogP contribution is 2.23. The number of benzene rings is 1. The first-order chi connectivity index (χ1) is 11.3. The number of aryl methyl sites for hydroxylation is 1. The molecule has 24 heavy (non-hydrogen) atoms. The van der Waals surface area contributed by atoms with Crippen LogP contribution in [-0.4, -0.2) is 28.2 Å². The number of anilines is 1. The summed E-state index contributed by atoms with van der Waals surface area (Å²) in [5, 5.41) is 0.261.